The van der Waals surface area contributed by atoms with Crippen molar-refractivity contribution < 1.29 is 9.90 Å². The average Bonchev–Trinajstić information content (AvgIpc) is 3.54. The third kappa shape index (κ3) is 4.56. The van der Waals surface area contributed by atoms with Crippen molar-refractivity contribution in [3.05, 3.63) is 120 Å². The summed E-state index contributed by atoms with van der Waals surface area (Å²) in [5.41, 5.74) is 6.50. The number of carboxylic acids is 1. The van der Waals surface area contributed by atoms with Gasteiger partial charge >= 0.3 is 5.97 Å². The van der Waals surface area contributed by atoms with Gasteiger partial charge in [0.2, 0.25) is 5.95 Å². The second-order valence-corrected chi connectivity index (χ2v) is 11.6. The number of carbonyl (C=O) groups is 1. The van der Waals surface area contributed by atoms with Crippen molar-refractivity contribution in [1.29, 1.82) is 0 Å². The average molecular weight is 557 g/mol. The Kier molecular flexibility index (Phi) is 7.00. The Labute approximate surface area is 246 Å². The lowest BCUT2D eigenvalue weighted by Crippen LogP contribution is -2.47. The summed E-state index contributed by atoms with van der Waals surface area (Å²) >= 11 is 0. The first kappa shape index (κ1) is 26.5. The van der Waals surface area contributed by atoms with E-state index < -0.39 is 11.4 Å². The van der Waals surface area contributed by atoms with E-state index in [0.29, 0.717) is 6.42 Å². The lowest BCUT2D eigenvalue weighted by Gasteiger charge is -2.35. The second-order valence-electron chi connectivity index (χ2n) is 11.6. The van der Waals surface area contributed by atoms with Gasteiger partial charge in [-0.05, 0) is 59.3 Å². The topological polar surface area (TPSA) is 61.6 Å². The summed E-state index contributed by atoms with van der Waals surface area (Å²) in [6.45, 7) is 5.59. The molecule has 0 bridgehead atoms. The SMILES string of the molecule is O=C(O)C1(CCCCN2CCN(c3nc4ccccc4n3Cc3ccccc3)CC2)c2ccccc2-c2ccccc21. The summed E-state index contributed by atoms with van der Waals surface area (Å²) in [4.78, 5) is 22.9. The number of carboxylic acid groups (broad SMARTS) is 1. The Hall–Kier alpha value is -4.42. The highest BCUT2D eigenvalue weighted by molar-refractivity contribution is 5.97. The van der Waals surface area contributed by atoms with E-state index in [1.54, 1.807) is 0 Å². The first-order valence-corrected chi connectivity index (χ1v) is 15.0. The van der Waals surface area contributed by atoms with Crippen LogP contribution in [0.15, 0.2) is 103 Å². The monoisotopic (exact) mass is 556 g/mol. The van der Waals surface area contributed by atoms with Crippen LogP contribution in [0.1, 0.15) is 36.0 Å². The molecule has 0 unspecified atom stereocenters. The molecule has 1 aromatic heterocycles. The van der Waals surface area contributed by atoms with Crippen molar-refractivity contribution in [2.45, 2.75) is 31.2 Å². The number of aliphatic carboxylic acids is 1. The molecule has 7 rings (SSSR count). The lowest BCUT2D eigenvalue weighted by atomic mass is 9.74. The molecule has 0 amide bonds. The number of hydrogen-bond acceptors (Lipinski definition) is 4. The fourth-order valence-electron chi connectivity index (χ4n) is 7.06. The molecule has 212 valence electrons. The van der Waals surface area contributed by atoms with Crippen LogP contribution in [0.3, 0.4) is 0 Å². The molecule has 1 aliphatic carbocycles. The van der Waals surface area contributed by atoms with Crippen LogP contribution in [0.2, 0.25) is 0 Å². The minimum atomic E-state index is -0.969. The molecule has 6 heteroatoms. The normalized spacial score (nSPS) is 16.0. The van der Waals surface area contributed by atoms with Crippen LogP contribution in [-0.2, 0) is 16.8 Å². The minimum absolute atomic E-state index is 0.611. The fraction of sp³-hybridized carbons (Fsp3) is 0.278. The zero-order chi connectivity index (χ0) is 28.5. The molecule has 6 nitrogen and oxygen atoms in total. The third-order valence-corrected chi connectivity index (χ3v) is 9.18. The van der Waals surface area contributed by atoms with Gasteiger partial charge in [-0.25, -0.2) is 4.98 Å². The molecule has 0 radical (unpaired) electrons. The molecule has 5 aromatic rings. The summed E-state index contributed by atoms with van der Waals surface area (Å²) in [6.07, 6.45) is 2.45. The van der Waals surface area contributed by atoms with Crippen LogP contribution in [-0.4, -0.2) is 58.3 Å². The van der Waals surface area contributed by atoms with Gasteiger partial charge in [0.15, 0.2) is 0 Å². The largest absolute Gasteiger partial charge is 0.480 e. The molecule has 0 spiro atoms. The van der Waals surface area contributed by atoms with Crippen molar-refractivity contribution in [2.75, 3.05) is 37.6 Å². The summed E-state index contributed by atoms with van der Waals surface area (Å²) < 4.78 is 2.35. The maximum atomic E-state index is 12.9. The number of aromatic nitrogens is 2. The number of anilines is 1. The Morgan fingerprint density at radius 3 is 2.05 bits per heavy atom. The highest BCUT2D eigenvalue weighted by Gasteiger charge is 2.48. The van der Waals surface area contributed by atoms with Gasteiger partial charge in [-0.1, -0.05) is 97.4 Å². The molecule has 1 fully saturated rings. The molecule has 0 atom stereocenters. The molecule has 1 N–H and O–H groups in total. The van der Waals surface area contributed by atoms with Crippen LogP contribution in [0.5, 0.6) is 0 Å². The molecule has 0 saturated carbocycles. The number of imidazole rings is 1. The van der Waals surface area contributed by atoms with E-state index in [2.05, 4.69) is 81.1 Å². The summed E-state index contributed by atoms with van der Waals surface area (Å²) in [5, 5.41) is 10.6. The van der Waals surface area contributed by atoms with Gasteiger partial charge in [0.05, 0.1) is 17.6 Å². The number of piperazine rings is 1. The molecule has 2 heterocycles. The Bertz CT molecular complexity index is 1670. The second kappa shape index (κ2) is 11.1. The van der Waals surface area contributed by atoms with Crippen LogP contribution in [0.25, 0.3) is 22.2 Å². The van der Waals surface area contributed by atoms with Crippen LogP contribution >= 0.6 is 0 Å². The Balaban J connectivity index is 1.01. The standard InChI is InChI=1S/C36H36N4O2/c41-34(42)36(30-16-6-4-14-28(30)29-15-5-7-17-31(29)36)20-10-11-21-38-22-24-39(25-23-38)35-37-32-18-8-9-19-33(32)40(35)26-27-12-2-1-3-13-27/h1-9,12-19H,10-11,20-26H2,(H,41,42). The van der Waals surface area contributed by atoms with E-state index in [0.717, 1.165) is 85.8 Å². The lowest BCUT2D eigenvalue weighted by molar-refractivity contribution is -0.142. The van der Waals surface area contributed by atoms with Gasteiger partial charge in [-0.3, -0.25) is 9.69 Å². The predicted octanol–water partition coefficient (Wildman–Crippen LogP) is 6.43. The van der Waals surface area contributed by atoms with Crippen molar-refractivity contribution in [3.8, 4) is 11.1 Å². The highest BCUT2D eigenvalue weighted by Crippen LogP contribution is 2.51. The first-order chi connectivity index (χ1) is 20.6. The number of nitrogens with zero attached hydrogens (tertiary/aromatic N) is 4. The number of para-hydroxylation sites is 2. The van der Waals surface area contributed by atoms with Crippen LogP contribution < -0.4 is 4.90 Å². The van der Waals surface area contributed by atoms with Gasteiger partial charge in [0, 0.05) is 26.2 Å². The summed E-state index contributed by atoms with van der Waals surface area (Å²) in [7, 11) is 0. The number of benzene rings is 4. The fourth-order valence-corrected chi connectivity index (χ4v) is 7.06. The van der Waals surface area contributed by atoms with Crippen molar-refractivity contribution in [3.63, 3.8) is 0 Å². The molecule has 2 aliphatic rings. The van der Waals surface area contributed by atoms with Gasteiger partial charge < -0.3 is 14.6 Å². The number of hydrogen-bond donors (Lipinski definition) is 1. The summed E-state index contributed by atoms with van der Waals surface area (Å²) in [5.74, 6) is 0.300. The van der Waals surface area contributed by atoms with Gasteiger partial charge in [-0.15, -0.1) is 0 Å². The van der Waals surface area contributed by atoms with Crippen LogP contribution in [0.4, 0.5) is 5.95 Å². The maximum absolute atomic E-state index is 12.9. The number of unbranched alkanes of at least 4 members (excludes halogenated alkanes) is 1. The Morgan fingerprint density at radius 1 is 0.738 bits per heavy atom. The van der Waals surface area contributed by atoms with E-state index in [1.807, 2.05) is 36.4 Å². The van der Waals surface area contributed by atoms with Gasteiger partial charge in [-0.2, -0.15) is 0 Å². The first-order valence-electron chi connectivity index (χ1n) is 15.0. The molecule has 1 saturated heterocycles. The van der Waals surface area contributed by atoms with Crippen molar-refractivity contribution in [1.82, 2.24) is 14.5 Å². The van der Waals surface area contributed by atoms with E-state index >= 15 is 0 Å². The highest BCUT2D eigenvalue weighted by atomic mass is 16.4. The van der Waals surface area contributed by atoms with E-state index in [-0.39, 0.29) is 0 Å². The molecule has 1 aliphatic heterocycles. The van der Waals surface area contributed by atoms with E-state index in [9.17, 15) is 9.90 Å². The summed E-state index contributed by atoms with van der Waals surface area (Å²) in [6, 6.07) is 35.1. The number of rotatable bonds is 9. The molecule has 4 aromatic carbocycles. The van der Waals surface area contributed by atoms with E-state index in [4.69, 9.17) is 4.98 Å². The molecular formula is C36H36N4O2. The van der Waals surface area contributed by atoms with Crippen molar-refractivity contribution >= 4 is 23.0 Å². The Morgan fingerprint density at radius 2 is 1.36 bits per heavy atom. The van der Waals surface area contributed by atoms with Gasteiger partial charge in [0.25, 0.3) is 0 Å². The smallest absolute Gasteiger partial charge is 0.318 e. The minimum Gasteiger partial charge on any atom is -0.480 e. The molecule has 42 heavy (non-hydrogen) atoms. The molecular weight excluding hydrogens is 520 g/mol. The zero-order valence-electron chi connectivity index (χ0n) is 23.8. The van der Waals surface area contributed by atoms with E-state index in [1.165, 1.54) is 11.1 Å². The predicted molar refractivity (Wildman–Crippen MR) is 168 cm³/mol. The zero-order valence-corrected chi connectivity index (χ0v) is 23.8. The third-order valence-electron chi connectivity index (χ3n) is 9.18. The number of fused-ring (bicyclic) bond motifs is 4. The van der Waals surface area contributed by atoms with Gasteiger partial charge in [0.1, 0.15) is 5.41 Å². The maximum Gasteiger partial charge on any atom is 0.318 e. The van der Waals surface area contributed by atoms with Crippen LogP contribution in [0, 0.1) is 0 Å². The van der Waals surface area contributed by atoms with Crippen molar-refractivity contribution in [2.24, 2.45) is 0 Å². The quantitative estimate of drug-likeness (QED) is 0.212.